The summed E-state index contributed by atoms with van der Waals surface area (Å²) in [6, 6.07) is 7.95. The predicted molar refractivity (Wildman–Crippen MR) is 67.1 cm³/mol. The molecule has 2 heteroatoms. The highest BCUT2D eigenvalue weighted by molar-refractivity contribution is 5.94. The van der Waals surface area contributed by atoms with Gasteiger partial charge in [0.1, 0.15) is 0 Å². The van der Waals surface area contributed by atoms with Crippen LogP contribution < -0.4 is 4.90 Å². The highest BCUT2D eigenvalue weighted by Gasteiger charge is 2.25. The van der Waals surface area contributed by atoms with Crippen molar-refractivity contribution >= 4 is 11.5 Å². The fourth-order valence-corrected chi connectivity index (χ4v) is 2.28. The summed E-state index contributed by atoms with van der Waals surface area (Å²) in [5, 5.41) is 0. The minimum atomic E-state index is 0.138. The molecule has 0 amide bonds. The number of Topliss-reactive ketones (excluding diaryl/α,β-unsaturated/α-hetero) is 1. The molecular weight excluding hydrogens is 198 g/mol. The van der Waals surface area contributed by atoms with E-state index in [0.29, 0.717) is 0 Å². The topological polar surface area (TPSA) is 20.3 Å². The fourth-order valence-electron chi connectivity index (χ4n) is 2.28. The quantitative estimate of drug-likeness (QED) is 0.722. The summed E-state index contributed by atoms with van der Waals surface area (Å²) < 4.78 is 0. The van der Waals surface area contributed by atoms with E-state index in [9.17, 15) is 4.79 Å². The molecule has 86 valence electrons. The Hall–Kier alpha value is -1.31. The lowest BCUT2D eigenvalue weighted by atomic mass is 9.94. The normalized spacial score (nSPS) is 16.0. The zero-order valence-corrected chi connectivity index (χ0v) is 10.1. The van der Waals surface area contributed by atoms with Crippen molar-refractivity contribution in [3.8, 4) is 0 Å². The SMILES string of the molecule is CCCC1CN(c2ccc(C(C)=O)cc2)C1. The van der Waals surface area contributed by atoms with Crippen molar-refractivity contribution in [2.24, 2.45) is 5.92 Å². The maximum atomic E-state index is 11.1. The lowest BCUT2D eigenvalue weighted by molar-refractivity contribution is 0.101. The Kier molecular flexibility index (Phi) is 3.28. The van der Waals surface area contributed by atoms with Crippen molar-refractivity contribution in [1.29, 1.82) is 0 Å². The average Bonchev–Trinajstić information content (AvgIpc) is 2.23. The Morgan fingerprint density at radius 2 is 1.94 bits per heavy atom. The molecular formula is C14H19NO. The van der Waals surface area contributed by atoms with Crippen molar-refractivity contribution < 1.29 is 4.79 Å². The third-order valence-corrected chi connectivity index (χ3v) is 3.29. The fraction of sp³-hybridized carbons (Fsp3) is 0.500. The van der Waals surface area contributed by atoms with Crippen LogP contribution in [0.25, 0.3) is 0 Å². The van der Waals surface area contributed by atoms with Gasteiger partial charge in [-0.2, -0.15) is 0 Å². The number of carbonyl (C=O) groups is 1. The molecule has 0 atom stereocenters. The molecule has 0 aromatic heterocycles. The van der Waals surface area contributed by atoms with Gasteiger partial charge in [0.15, 0.2) is 5.78 Å². The maximum absolute atomic E-state index is 11.1. The van der Waals surface area contributed by atoms with E-state index in [2.05, 4.69) is 24.0 Å². The Labute approximate surface area is 97.3 Å². The van der Waals surface area contributed by atoms with Crippen molar-refractivity contribution in [3.63, 3.8) is 0 Å². The number of benzene rings is 1. The molecule has 1 aromatic rings. The molecule has 0 spiro atoms. The second kappa shape index (κ2) is 4.69. The molecule has 1 aliphatic heterocycles. The molecule has 0 saturated carbocycles. The molecule has 0 radical (unpaired) electrons. The number of ketones is 1. The van der Waals surface area contributed by atoms with Crippen LogP contribution in [0.4, 0.5) is 5.69 Å². The summed E-state index contributed by atoms with van der Waals surface area (Å²) in [6.07, 6.45) is 2.61. The van der Waals surface area contributed by atoms with Gasteiger partial charge in [0.2, 0.25) is 0 Å². The van der Waals surface area contributed by atoms with Gasteiger partial charge in [0.05, 0.1) is 0 Å². The maximum Gasteiger partial charge on any atom is 0.159 e. The van der Waals surface area contributed by atoms with Gasteiger partial charge >= 0.3 is 0 Å². The third kappa shape index (κ3) is 2.26. The van der Waals surface area contributed by atoms with Crippen LogP contribution in [-0.2, 0) is 0 Å². The number of carbonyl (C=O) groups excluding carboxylic acids is 1. The molecule has 2 nitrogen and oxygen atoms in total. The summed E-state index contributed by atoms with van der Waals surface area (Å²) in [5.41, 5.74) is 2.05. The monoisotopic (exact) mass is 217 g/mol. The number of nitrogens with zero attached hydrogens (tertiary/aromatic N) is 1. The molecule has 0 unspecified atom stereocenters. The molecule has 1 saturated heterocycles. The highest BCUT2D eigenvalue weighted by atomic mass is 16.1. The van der Waals surface area contributed by atoms with Crippen molar-refractivity contribution in [2.75, 3.05) is 18.0 Å². The van der Waals surface area contributed by atoms with Crippen LogP contribution in [0, 0.1) is 5.92 Å². The summed E-state index contributed by atoms with van der Waals surface area (Å²) in [5.74, 6) is 1.01. The van der Waals surface area contributed by atoms with Gasteiger partial charge in [-0.25, -0.2) is 0 Å². The highest BCUT2D eigenvalue weighted by Crippen LogP contribution is 2.27. The van der Waals surface area contributed by atoms with Crippen molar-refractivity contribution in [3.05, 3.63) is 29.8 Å². The Bertz CT molecular complexity index is 363. The molecule has 0 N–H and O–H groups in total. The predicted octanol–water partition coefficient (Wildman–Crippen LogP) is 3.13. The van der Waals surface area contributed by atoms with E-state index in [1.165, 1.54) is 31.6 Å². The van der Waals surface area contributed by atoms with Gasteiger partial charge in [0, 0.05) is 24.3 Å². The molecule has 1 fully saturated rings. The number of rotatable bonds is 4. The standard InChI is InChI=1S/C14H19NO/c1-3-4-12-9-15(10-12)14-7-5-13(6-8-14)11(2)16/h5-8,12H,3-4,9-10H2,1-2H3. The van der Waals surface area contributed by atoms with Crippen LogP contribution >= 0.6 is 0 Å². The van der Waals surface area contributed by atoms with Gasteiger partial charge < -0.3 is 4.90 Å². The van der Waals surface area contributed by atoms with E-state index >= 15 is 0 Å². The average molecular weight is 217 g/mol. The second-order valence-corrected chi connectivity index (χ2v) is 4.66. The molecule has 1 aliphatic rings. The van der Waals surface area contributed by atoms with Gasteiger partial charge in [-0.3, -0.25) is 4.79 Å². The number of hydrogen-bond acceptors (Lipinski definition) is 2. The first-order valence-electron chi connectivity index (χ1n) is 6.06. The summed E-state index contributed by atoms with van der Waals surface area (Å²) in [6.45, 7) is 6.20. The minimum Gasteiger partial charge on any atom is -0.371 e. The smallest absolute Gasteiger partial charge is 0.159 e. The first-order valence-corrected chi connectivity index (χ1v) is 6.06. The molecule has 2 rings (SSSR count). The summed E-state index contributed by atoms with van der Waals surface area (Å²) >= 11 is 0. The Morgan fingerprint density at radius 1 is 1.31 bits per heavy atom. The van der Waals surface area contributed by atoms with Crippen LogP contribution in [0.15, 0.2) is 24.3 Å². The largest absolute Gasteiger partial charge is 0.371 e. The van der Waals surface area contributed by atoms with Crippen molar-refractivity contribution in [1.82, 2.24) is 0 Å². The van der Waals surface area contributed by atoms with Crippen LogP contribution in [0.5, 0.6) is 0 Å². The van der Waals surface area contributed by atoms with E-state index < -0.39 is 0 Å². The minimum absolute atomic E-state index is 0.138. The molecule has 1 aromatic carbocycles. The van der Waals surface area contributed by atoms with Crippen LogP contribution in [-0.4, -0.2) is 18.9 Å². The molecule has 0 bridgehead atoms. The molecule has 0 aliphatic carbocycles. The van der Waals surface area contributed by atoms with Gasteiger partial charge in [0.25, 0.3) is 0 Å². The van der Waals surface area contributed by atoms with Crippen LogP contribution in [0.3, 0.4) is 0 Å². The zero-order chi connectivity index (χ0) is 11.5. The third-order valence-electron chi connectivity index (χ3n) is 3.29. The second-order valence-electron chi connectivity index (χ2n) is 4.66. The first kappa shape index (κ1) is 11.2. The van der Waals surface area contributed by atoms with Crippen molar-refractivity contribution in [2.45, 2.75) is 26.7 Å². The van der Waals surface area contributed by atoms with E-state index in [1.807, 2.05) is 12.1 Å². The number of anilines is 1. The van der Waals surface area contributed by atoms with E-state index in [4.69, 9.17) is 0 Å². The van der Waals surface area contributed by atoms with Gasteiger partial charge in [-0.15, -0.1) is 0 Å². The van der Waals surface area contributed by atoms with Crippen LogP contribution in [0.1, 0.15) is 37.0 Å². The van der Waals surface area contributed by atoms with Gasteiger partial charge in [-0.1, -0.05) is 13.3 Å². The lowest BCUT2D eigenvalue weighted by Crippen LogP contribution is -2.46. The first-order chi connectivity index (χ1) is 7.70. The summed E-state index contributed by atoms with van der Waals surface area (Å²) in [7, 11) is 0. The Morgan fingerprint density at radius 3 is 2.44 bits per heavy atom. The zero-order valence-electron chi connectivity index (χ0n) is 10.1. The Balaban J connectivity index is 1.94. The number of hydrogen-bond donors (Lipinski definition) is 0. The lowest BCUT2D eigenvalue weighted by Gasteiger charge is -2.41. The van der Waals surface area contributed by atoms with Crippen LogP contribution in [0.2, 0.25) is 0 Å². The molecule has 16 heavy (non-hydrogen) atoms. The van der Waals surface area contributed by atoms with E-state index in [1.54, 1.807) is 6.92 Å². The van der Waals surface area contributed by atoms with E-state index in [-0.39, 0.29) is 5.78 Å². The summed E-state index contributed by atoms with van der Waals surface area (Å²) in [4.78, 5) is 13.5. The van der Waals surface area contributed by atoms with E-state index in [0.717, 1.165) is 11.5 Å². The molecule has 1 heterocycles. The van der Waals surface area contributed by atoms with Gasteiger partial charge in [-0.05, 0) is 43.5 Å².